The molecule has 4 heteroatoms. The maximum atomic E-state index is 12.2. The van der Waals surface area contributed by atoms with Gasteiger partial charge < -0.3 is 9.64 Å². The SMILES string of the molecule is C[C@H]1CCCCN1C(=O)COC(=O)c1ccc2ccccc2c1. The second-order valence-corrected chi connectivity index (χ2v) is 6.07. The Kier molecular flexibility index (Phi) is 4.60. The largest absolute Gasteiger partial charge is 0.452 e. The smallest absolute Gasteiger partial charge is 0.338 e. The third-order valence-corrected chi connectivity index (χ3v) is 4.44. The van der Waals surface area contributed by atoms with Gasteiger partial charge in [-0.05, 0) is 49.1 Å². The quantitative estimate of drug-likeness (QED) is 0.816. The summed E-state index contributed by atoms with van der Waals surface area (Å²) < 4.78 is 5.21. The van der Waals surface area contributed by atoms with Crippen LogP contribution < -0.4 is 0 Å². The summed E-state index contributed by atoms with van der Waals surface area (Å²) in [7, 11) is 0. The predicted octanol–water partition coefficient (Wildman–Crippen LogP) is 3.40. The first kappa shape index (κ1) is 15.5. The molecule has 1 heterocycles. The van der Waals surface area contributed by atoms with Crippen LogP contribution in [0.3, 0.4) is 0 Å². The maximum Gasteiger partial charge on any atom is 0.338 e. The Morgan fingerprint density at radius 2 is 1.91 bits per heavy atom. The van der Waals surface area contributed by atoms with Crippen LogP contribution in [0.25, 0.3) is 10.8 Å². The first-order valence-corrected chi connectivity index (χ1v) is 8.10. The Bertz CT molecular complexity index is 725. The van der Waals surface area contributed by atoms with Crippen molar-refractivity contribution in [2.75, 3.05) is 13.2 Å². The van der Waals surface area contributed by atoms with E-state index in [4.69, 9.17) is 4.74 Å². The first-order chi connectivity index (χ1) is 11.1. The molecule has 0 bridgehead atoms. The average molecular weight is 311 g/mol. The zero-order valence-corrected chi connectivity index (χ0v) is 13.3. The van der Waals surface area contributed by atoms with Crippen LogP contribution in [0.5, 0.6) is 0 Å². The second-order valence-electron chi connectivity index (χ2n) is 6.07. The van der Waals surface area contributed by atoms with Crippen molar-refractivity contribution in [3.63, 3.8) is 0 Å². The molecule has 1 aliphatic heterocycles. The summed E-state index contributed by atoms with van der Waals surface area (Å²) in [6.07, 6.45) is 3.20. The van der Waals surface area contributed by atoms with Gasteiger partial charge in [0, 0.05) is 12.6 Å². The molecule has 1 aliphatic rings. The summed E-state index contributed by atoms with van der Waals surface area (Å²) in [5, 5.41) is 2.06. The molecule has 3 rings (SSSR count). The molecule has 1 saturated heterocycles. The van der Waals surface area contributed by atoms with E-state index in [0.29, 0.717) is 5.56 Å². The fraction of sp³-hybridized carbons (Fsp3) is 0.368. The van der Waals surface area contributed by atoms with Gasteiger partial charge >= 0.3 is 5.97 Å². The minimum atomic E-state index is -0.450. The Morgan fingerprint density at radius 1 is 1.13 bits per heavy atom. The fourth-order valence-corrected chi connectivity index (χ4v) is 3.08. The molecular formula is C19H21NO3. The minimum absolute atomic E-state index is 0.105. The number of esters is 1. The third-order valence-electron chi connectivity index (χ3n) is 4.44. The Labute approximate surface area is 136 Å². The molecule has 0 radical (unpaired) electrons. The standard InChI is InChI=1S/C19H21NO3/c1-14-6-4-5-11-20(14)18(21)13-23-19(22)17-10-9-15-7-2-3-8-16(15)12-17/h2-3,7-10,12,14H,4-6,11,13H2,1H3/t14-/m0/s1. The van der Waals surface area contributed by atoms with Gasteiger partial charge in [0.05, 0.1) is 5.56 Å². The number of nitrogens with zero attached hydrogens (tertiary/aromatic N) is 1. The van der Waals surface area contributed by atoms with Crippen molar-refractivity contribution in [2.45, 2.75) is 32.2 Å². The highest BCUT2D eigenvalue weighted by Crippen LogP contribution is 2.18. The molecule has 1 fully saturated rings. The molecule has 0 aromatic heterocycles. The lowest BCUT2D eigenvalue weighted by molar-refractivity contribution is -0.137. The van der Waals surface area contributed by atoms with Gasteiger partial charge in [0.15, 0.2) is 6.61 Å². The minimum Gasteiger partial charge on any atom is -0.452 e. The molecule has 0 spiro atoms. The Hall–Kier alpha value is -2.36. The molecule has 23 heavy (non-hydrogen) atoms. The van der Waals surface area contributed by atoms with Crippen molar-refractivity contribution in [1.29, 1.82) is 0 Å². The number of carbonyl (C=O) groups is 2. The lowest BCUT2D eigenvalue weighted by atomic mass is 10.0. The zero-order valence-electron chi connectivity index (χ0n) is 13.3. The van der Waals surface area contributed by atoms with E-state index in [1.165, 1.54) is 0 Å². The van der Waals surface area contributed by atoms with Gasteiger partial charge in [0.2, 0.25) is 0 Å². The highest BCUT2D eigenvalue weighted by molar-refractivity contribution is 5.96. The number of hydrogen-bond donors (Lipinski definition) is 0. The van der Waals surface area contributed by atoms with Crippen LogP contribution in [0.1, 0.15) is 36.5 Å². The summed E-state index contributed by atoms with van der Waals surface area (Å²) >= 11 is 0. The van der Waals surface area contributed by atoms with Crippen molar-refractivity contribution in [3.8, 4) is 0 Å². The average Bonchev–Trinajstić information content (AvgIpc) is 2.59. The van der Waals surface area contributed by atoms with E-state index in [1.54, 1.807) is 12.1 Å². The van der Waals surface area contributed by atoms with Crippen LogP contribution in [0.15, 0.2) is 42.5 Å². The van der Waals surface area contributed by atoms with Crippen LogP contribution in [0, 0.1) is 0 Å². The number of rotatable bonds is 3. The molecule has 0 unspecified atom stereocenters. The Morgan fingerprint density at radius 3 is 2.70 bits per heavy atom. The van der Waals surface area contributed by atoms with E-state index in [1.807, 2.05) is 42.2 Å². The normalized spacial score (nSPS) is 18.0. The van der Waals surface area contributed by atoms with E-state index in [-0.39, 0.29) is 18.6 Å². The molecule has 1 amide bonds. The number of likely N-dealkylation sites (tertiary alicyclic amines) is 1. The van der Waals surface area contributed by atoms with E-state index >= 15 is 0 Å². The summed E-state index contributed by atoms with van der Waals surface area (Å²) in [6.45, 7) is 2.62. The molecular weight excluding hydrogens is 290 g/mol. The molecule has 0 aliphatic carbocycles. The van der Waals surface area contributed by atoms with Gasteiger partial charge in [0.1, 0.15) is 0 Å². The molecule has 0 saturated carbocycles. The van der Waals surface area contributed by atoms with E-state index in [2.05, 4.69) is 0 Å². The van der Waals surface area contributed by atoms with Crippen LogP contribution in [0.2, 0.25) is 0 Å². The topological polar surface area (TPSA) is 46.6 Å². The lowest BCUT2D eigenvalue weighted by Crippen LogP contribution is -2.44. The number of ether oxygens (including phenoxy) is 1. The molecule has 2 aromatic rings. The summed E-state index contributed by atoms with van der Waals surface area (Å²) in [6, 6.07) is 13.5. The molecule has 0 N–H and O–H groups in total. The molecule has 4 nitrogen and oxygen atoms in total. The van der Waals surface area contributed by atoms with Crippen LogP contribution in [-0.4, -0.2) is 36.0 Å². The lowest BCUT2D eigenvalue weighted by Gasteiger charge is -2.33. The van der Waals surface area contributed by atoms with Gasteiger partial charge in [-0.15, -0.1) is 0 Å². The zero-order chi connectivity index (χ0) is 16.2. The number of hydrogen-bond acceptors (Lipinski definition) is 3. The number of amides is 1. The van der Waals surface area contributed by atoms with Crippen LogP contribution in [0.4, 0.5) is 0 Å². The first-order valence-electron chi connectivity index (χ1n) is 8.10. The van der Waals surface area contributed by atoms with E-state index in [0.717, 1.165) is 36.6 Å². The van der Waals surface area contributed by atoms with Crippen LogP contribution >= 0.6 is 0 Å². The molecule has 1 atom stereocenters. The van der Waals surface area contributed by atoms with Gasteiger partial charge in [-0.25, -0.2) is 4.79 Å². The van der Waals surface area contributed by atoms with Gasteiger partial charge in [0.25, 0.3) is 5.91 Å². The van der Waals surface area contributed by atoms with E-state index in [9.17, 15) is 9.59 Å². The van der Waals surface area contributed by atoms with Crippen molar-refractivity contribution in [2.24, 2.45) is 0 Å². The van der Waals surface area contributed by atoms with Crippen molar-refractivity contribution in [1.82, 2.24) is 4.90 Å². The van der Waals surface area contributed by atoms with Crippen molar-refractivity contribution >= 4 is 22.6 Å². The monoisotopic (exact) mass is 311 g/mol. The second kappa shape index (κ2) is 6.82. The van der Waals surface area contributed by atoms with E-state index < -0.39 is 5.97 Å². The molecule has 120 valence electrons. The number of carbonyl (C=O) groups excluding carboxylic acids is 2. The predicted molar refractivity (Wildman–Crippen MR) is 89.3 cm³/mol. The number of benzene rings is 2. The maximum absolute atomic E-state index is 12.2. The van der Waals surface area contributed by atoms with Crippen molar-refractivity contribution < 1.29 is 14.3 Å². The molecule has 2 aromatic carbocycles. The number of piperidine rings is 1. The number of fused-ring (bicyclic) bond motifs is 1. The summed E-state index contributed by atoms with van der Waals surface area (Å²) in [4.78, 5) is 26.2. The third kappa shape index (κ3) is 3.52. The summed E-state index contributed by atoms with van der Waals surface area (Å²) in [5.74, 6) is -0.555. The van der Waals surface area contributed by atoms with Gasteiger partial charge in [-0.2, -0.15) is 0 Å². The van der Waals surface area contributed by atoms with Gasteiger partial charge in [-0.1, -0.05) is 30.3 Å². The van der Waals surface area contributed by atoms with Crippen LogP contribution in [-0.2, 0) is 9.53 Å². The fourth-order valence-electron chi connectivity index (χ4n) is 3.08. The van der Waals surface area contributed by atoms with Crippen molar-refractivity contribution in [3.05, 3.63) is 48.0 Å². The highest BCUT2D eigenvalue weighted by atomic mass is 16.5. The highest BCUT2D eigenvalue weighted by Gasteiger charge is 2.24. The summed E-state index contributed by atoms with van der Waals surface area (Å²) in [5.41, 5.74) is 0.475. The van der Waals surface area contributed by atoms with Gasteiger partial charge in [-0.3, -0.25) is 4.79 Å². The Balaban J connectivity index is 1.62.